The van der Waals surface area contributed by atoms with Gasteiger partial charge in [0, 0.05) is 19.2 Å². The van der Waals surface area contributed by atoms with Gasteiger partial charge in [-0.15, -0.1) is 15.3 Å². The second-order valence-electron chi connectivity index (χ2n) is 7.98. The van der Waals surface area contributed by atoms with E-state index < -0.39 is 0 Å². The first-order chi connectivity index (χ1) is 15.0. The summed E-state index contributed by atoms with van der Waals surface area (Å²) in [6.07, 6.45) is 3.39. The monoisotopic (exact) mass is 419 g/mol. The van der Waals surface area contributed by atoms with Gasteiger partial charge in [0.15, 0.2) is 11.5 Å². The predicted octanol–water partition coefficient (Wildman–Crippen LogP) is 2.52. The van der Waals surface area contributed by atoms with Crippen molar-refractivity contribution in [3.63, 3.8) is 0 Å². The summed E-state index contributed by atoms with van der Waals surface area (Å²) in [5, 5.41) is 20.2. The van der Waals surface area contributed by atoms with Crippen molar-refractivity contribution in [2.75, 3.05) is 0 Å². The summed E-state index contributed by atoms with van der Waals surface area (Å²) in [4.78, 5) is 25.2. The first-order valence-corrected chi connectivity index (χ1v) is 10.4. The number of benzene rings is 1. The Morgan fingerprint density at radius 2 is 1.87 bits per heavy atom. The first-order valence-electron chi connectivity index (χ1n) is 10.4. The molecule has 1 atom stereocenters. The molecule has 0 bridgehead atoms. The van der Waals surface area contributed by atoms with Crippen LogP contribution in [0.2, 0.25) is 0 Å². The maximum Gasteiger partial charge on any atom is 0.277 e. The molecule has 4 aromatic rings. The highest BCUT2D eigenvalue weighted by Crippen LogP contribution is 2.21. The van der Waals surface area contributed by atoms with Crippen LogP contribution in [-0.2, 0) is 11.3 Å². The largest absolute Gasteiger partial charge is 0.346 e. The number of hydrogen-bond donors (Lipinski definition) is 1. The van der Waals surface area contributed by atoms with E-state index in [1.807, 2.05) is 34.9 Å². The van der Waals surface area contributed by atoms with E-state index in [0.29, 0.717) is 35.6 Å². The number of nitrogens with zero attached hydrogens (tertiary/aromatic N) is 6. The highest BCUT2D eigenvalue weighted by molar-refractivity contribution is 5.77. The number of fused-ring (bicyclic) bond motifs is 2. The fraction of sp³-hybridized carbons (Fsp3) is 0.364. The van der Waals surface area contributed by atoms with Gasteiger partial charge in [0.05, 0.1) is 11.4 Å². The van der Waals surface area contributed by atoms with Gasteiger partial charge in [0.1, 0.15) is 5.52 Å². The van der Waals surface area contributed by atoms with E-state index in [1.165, 1.54) is 4.68 Å². The molecule has 0 unspecified atom stereocenters. The number of nitrogens with one attached hydrogen (secondary N) is 1. The molecule has 9 heteroatoms. The topological polar surface area (TPSA) is 107 Å². The lowest BCUT2D eigenvalue weighted by molar-refractivity contribution is -0.122. The first kappa shape index (κ1) is 20.6. The number of pyridine rings is 1. The highest BCUT2D eigenvalue weighted by atomic mass is 16.1. The molecule has 0 aliphatic heterocycles. The molecule has 0 spiro atoms. The summed E-state index contributed by atoms with van der Waals surface area (Å²) in [6.45, 7) is 4.53. The molecule has 9 nitrogen and oxygen atoms in total. The second-order valence-corrected chi connectivity index (χ2v) is 7.98. The van der Waals surface area contributed by atoms with Crippen LogP contribution in [0, 0.1) is 5.92 Å². The minimum absolute atomic E-state index is 0.0971. The van der Waals surface area contributed by atoms with Gasteiger partial charge in [-0.2, -0.15) is 0 Å². The summed E-state index contributed by atoms with van der Waals surface area (Å²) in [5.74, 6) is 0.988. The van der Waals surface area contributed by atoms with E-state index >= 15 is 0 Å². The van der Waals surface area contributed by atoms with Gasteiger partial charge >= 0.3 is 0 Å². The molecule has 160 valence electrons. The molecule has 31 heavy (non-hydrogen) atoms. The van der Waals surface area contributed by atoms with Crippen molar-refractivity contribution < 1.29 is 4.79 Å². The smallest absolute Gasteiger partial charge is 0.277 e. The van der Waals surface area contributed by atoms with E-state index in [0.717, 1.165) is 12.1 Å². The van der Waals surface area contributed by atoms with Crippen molar-refractivity contribution in [2.45, 2.75) is 45.7 Å². The average molecular weight is 419 g/mol. The zero-order chi connectivity index (χ0) is 21.8. The molecule has 3 aromatic heterocycles. The fourth-order valence-electron chi connectivity index (χ4n) is 3.62. The van der Waals surface area contributed by atoms with Crippen LogP contribution in [0.4, 0.5) is 0 Å². The second kappa shape index (κ2) is 9.03. The summed E-state index contributed by atoms with van der Waals surface area (Å²) in [6, 6.07) is 12.6. The molecule has 3 heterocycles. The molecule has 1 aromatic carbocycles. The molecule has 0 fully saturated rings. The van der Waals surface area contributed by atoms with Crippen molar-refractivity contribution in [1.29, 1.82) is 0 Å². The Bertz CT molecular complexity index is 1260. The Morgan fingerprint density at radius 3 is 2.71 bits per heavy atom. The van der Waals surface area contributed by atoms with Crippen molar-refractivity contribution >= 4 is 22.5 Å². The Morgan fingerprint density at radius 1 is 1.06 bits per heavy atom. The Hall–Kier alpha value is -3.62. The van der Waals surface area contributed by atoms with Gasteiger partial charge in [-0.1, -0.05) is 37.3 Å². The van der Waals surface area contributed by atoms with Crippen LogP contribution < -0.4 is 10.9 Å². The van der Waals surface area contributed by atoms with Gasteiger partial charge in [-0.25, -0.2) is 4.68 Å². The number of aryl methyl sites for hydroxylation is 1. The van der Waals surface area contributed by atoms with Crippen LogP contribution in [0.1, 0.15) is 45.0 Å². The normalized spacial score (nSPS) is 12.5. The fourth-order valence-corrected chi connectivity index (χ4v) is 3.62. The SMILES string of the molecule is CC(C)C[C@H](NC(=O)CCCn1nnc2ccccc2c1=O)c1nnc2ccccn12. The Kier molecular flexibility index (Phi) is 6.01. The van der Waals surface area contributed by atoms with E-state index in [-0.39, 0.29) is 23.9 Å². The van der Waals surface area contributed by atoms with Crippen LogP contribution in [0.5, 0.6) is 0 Å². The number of hydrogen-bond acceptors (Lipinski definition) is 6. The molecular formula is C22H25N7O2. The number of aromatic nitrogens is 6. The molecule has 0 aliphatic rings. The van der Waals surface area contributed by atoms with E-state index in [1.54, 1.807) is 18.2 Å². The quantitative estimate of drug-likeness (QED) is 0.470. The van der Waals surface area contributed by atoms with Crippen LogP contribution in [0.3, 0.4) is 0 Å². The zero-order valence-corrected chi connectivity index (χ0v) is 17.6. The van der Waals surface area contributed by atoms with Gasteiger partial charge < -0.3 is 5.32 Å². The predicted molar refractivity (Wildman–Crippen MR) is 116 cm³/mol. The molecule has 1 N–H and O–H groups in total. The molecular weight excluding hydrogens is 394 g/mol. The summed E-state index contributed by atoms with van der Waals surface area (Å²) >= 11 is 0. The van der Waals surface area contributed by atoms with Crippen molar-refractivity contribution in [2.24, 2.45) is 5.92 Å². The van der Waals surface area contributed by atoms with Gasteiger partial charge in [-0.05, 0) is 43.0 Å². The third-order valence-electron chi connectivity index (χ3n) is 5.10. The standard InChI is InChI=1S/C22H25N7O2/c1-15(2)14-18(21-26-25-19-10-5-6-12-28(19)21)23-20(30)11-7-13-29-22(31)16-8-3-4-9-17(16)24-27-29/h3-6,8-10,12,15,18H,7,11,13-14H2,1-2H3,(H,23,30)/t18-/m0/s1. The van der Waals surface area contributed by atoms with E-state index in [4.69, 9.17) is 0 Å². The molecule has 4 rings (SSSR count). The molecule has 0 saturated heterocycles. The van der Waals surface area contributed by atoms with Crippen LogP contribution >= 0.6 is 0 Å². The maximum absolute atomic E-state index is 12.7. The number of amides is 1. The Balaban J connectivity index is 1.42. The number of rotatable bonds is 8. The lowest BCUT2D eigenvalue weighted by Gasteiger charge is -2.19. The molecule has 0 radical (unpaired) electrons. The van der Waals surface area contributed by atoms with Gasteiger partial charge in [0.2, 0.25) is 5.91 Å². The maximum atomic E-state index is 12.7. The van der Waals surface area contributed by atoms with Gasteiger partial charge in [0.25, 0.3) is 5.56 Å². The lowest BCUT2D eigenvalue weighted by atomic mass is 10.0. The van der Waals surface area contributed by atoms with E-state index in [9.17, 15) is 9.59 Å². The summed E-state index contributed by atoms with van der Waals surface area (Å²) in [5.41, 5.74) is 1.12. The van der Waals surface area contributed by atoms with E-state index in [2.05, 4.69) is 39.7 Å². The molecule has 1 amide bonds. The van der Waals surface area contributed by atoms with Crippen LogP contribution in [0.15, 0.2) is 53.5 Å². The highest BCUT2D eigenvalue weighted by Gasteiger charge is 2.21. The van der Waals surface area contributed by atoms with Crippen molar-refractivity contribution in [1.82, 2.24) is 34.9 Å². The van der Waals surface area contributed by atoms with Crippen molar-refractivity contribution in [3.05, 3.63) is 64.8 Å². The third-order valence-corrected chi connectivity index (χ3v) is 5.10. The Labute approximate surface area is 179 Å². The molecule has 0 saturated carbocycles. The van der Waals surface area contributed by atoms with Crippen molar-refractivity contribution in [3.8, 4) is 0 Å². The number of carbonyl (C=O) groups is 1. The lowest BCUT2D eigenvalue weighted by Crippen LogP contribution is -2.31. The zero-order valence-electron chi connectivity index (χ0n) is 17.6. The number of carbonyl (C=O) groups excluding carboxylic acids is 1. The van der Waals surface area contributed by atoms with Gasteiger partial charge in [-0.3, -0.25) is 14.0 Å². The minimum Gasteiger partial charge on any atom is -0.346 e. The van der Waals surface area contributed by atoms with Crippen LogP contribution in [-0.4, -0.2) is 35.5 Å². The minimum atomic E-state index is -0.243. The molecule has 0 aliphatic carbocycles. The summed E-state index contributed by atoms with van der Waals surface area (Å²) in [7, 11) is 0. The van der Waals surface area contributed by atoms with Crippen LogP contribution in [0.25, 0.3) is 16.6 Å². The third kappa shape index (κ3) is 4.60. The average Bonchev–Trinajstić information content (AvgIpc) is 3.19. The summed E-state index contributed by atoms with van der Waals surface area (Å²) < 4.78 is 3.21.